The Morgan fingerprint density at radius 1 is 1.10 bits per heavy atom. The highest BCUT2D eigenvalue weighted by molar-refractivity contribution is 5.90. The van der Waals surface area contributed by atoms with E-state index in [1.165, 1.54) is 0 Å². The molecule has 106 valence electrons. The second-order valence-electron chi connectivity index (χ2n) is 4.65. The van der Waals surface area contributed by atoms with Crippen LogP contribution in [0.15, 0.2) is 59.6 Å². The standard InChI is InChI=1S/C16H15N3O2/c20-16(10-12-6-2-1-3-7-12)19-18-15-11-21-14-9-5-4-8-13(14)17-15/h1-9H,10-11H2,(H,17,18)(H,19,20). The number of ether oxygens (including phenoxy) is 1. The summed E-state index contributed by atoms with van der Waals surface area (Å²) in [5.74, 6) is 1.21. The predicted octanol–water partition coefficient (Wildman–Crippen LogP) is 1.97. The lowest BCUT2D eigenvalue weighted by Crippen LogP contribution is -2.45. The number of hydrazine groups is 1. The molecule has 0 aliphatic carbocycles. The molecule has 0 atom stereocenters. The van der Waals surface area contributed by atoms with E-state index in [-0.39, 0.29) is 5.91 Å². The molecule has 1 heterocycles. The van der Waals surface area contributed by atoms with Crippen LogP contribution in [0.2, 0.25) is 0 Å². The number of rotatable bonds is 2. The smallest absolute Gasteiger partial charge is 0.242 e. The Morgan fingerprint density at radius 3 is 2.71 bits per heavy atom. The van der Waals surface area contributed by atoms with E-state index in [9.17, 15) is 4.79 Å². The lowest BCUT2D eigenvalue weighted by atomic mass is 10.1. The number of aliphatic imine (C=N–C) groups is 1. The van der Waals surface area contributed by atoms with Crippen LogP contribution in [0.1, 0.15) is 5.56 Å². The van der Waals surface area contributed by atoms with Crippen molar-refractivity contribution in [2.75, 3.05) is 6.61 Å². The van der Waals surface area contributed by atoms with Gasteiger partial charge in [0.2, 0.25) is 5.91 Å². The van der Waals surface area contributed by atoms with Crippen molar-refractivity contribution in [2.45, 2.75) is 6.42 Å². The molecular formula is C16H15N3O2. The zero-order chi connectivity index (χ0) is 14.5. The maximum Gasteiger partial charge on any atom is 0.242 e. The topological polar surface area (TPSA) is 62.7 Å². The van der Waals surface area contributed by atoms with Gasteiger partial charge in [-0.05, 0) is 17.7 Å². The Labute approximate surface area is 122 Å². The largest absolute Gasteiger partial charge is 0.483 e. The average molecular weight is 281 g/mol. The molecule has 0 saturated heterocycles. The maximum atomic E-state index is 11.8. The van der Waals surface area contributed by atoms with Gasteiger partial charge in [-0.3, -0.25) is 15.6 Å². The van der Waals surface area contributed by atoms with Crippen LogP contribution >= 0.6 is 0 Å². The minimum absolute atomic E-state index is 0.122. The summed E-state index contributed by atoms with van der Waals surface area (Å²) in [6.07, 6.45) is 0.318. The van der Waals surface area contributed by atoms with Crippen molar-refractivity contribution in [1.29, 1.82) is 0 Å². The van der Waals surface area contributed by atoms with Gasteiger partial charge in [-0.2, -0.15) is 0 Å². The monoisotopic (exact) mass is 281 g/mol. The number of carbonyl (C=O) groups is 1. The van der Waals surface area contributed by atoms with E-state index >= 15 is 0 Å². The van der Waals surface area contributed by atoms with Crippen LogP contribution in [0.5, 0.6) is 5.75 Å². The molecule has 0 aromatic heterocycles. The fraction of sp³-hybridized carbons (Fsp3) is 0.125. The highest BCUT2D eigenvalue weighted by atomic mass is 16.5. The fourth-order valence-corrected chi connectivity index (χ4v) is 2.03. The van der Waals surface area contributed by atoms with Crippen molar-refractivity contribution in [1.82, 2.24) is 10.9 Å². The number of carbonyl (C=O) groups excluding carboxylic acids is 1. The highest BCUT2D eigenvalue weighted by Crippen LogP contribution is 2.29. The third kappa shape index (κ3) is 3.39. The first kappa shape index (κ1) is 13.2. The van der Waals surface area contributed by atoms with Crippen molar-refractivity contribution in [2.24, 2.45) is 4.99 Å². The van der Waals surface area contributed by atoms with Gasteiger partial charge >= 0.3 is 0 Å². The summed E-state index contributed by atoms with van der Waals surface area (Å²) in [5.41, 5.74) is 7.16. The summed E-state index contributed by atoms with van der Waals surface area (Å²) in [4.78, 5) is 16.2. The van der Waals surface area contributed by atoms with Crippen LogP contribution in [0.25, 0.3) is 0 Å². The van der Waals surface area contributed by atoms with Crippen molar-refractivity contribution >= 4 is 17.4 Å². The molecule has 1 aliphatic heterocycles. The molecule has 5 heteroatoms. The first-order valence-corrected chi connectivity index (χ1v) is 6.69. The Bertz CT molecular complexity index is 668. The molecule has 0 spiro atoms. The first-order chi connectivity index (χ1) is 10.3. The average Bonchev–Trinajstić information content (AvgIpc) is 2.54. The lowest BCUT2D eigenvalue weighted by Gasteiger charge is -2.18. The van der Waals surface area contributed by atoms with Gasteiger partial charge < -0.3 is 4.74 Å². The molecule has 5 nitrogen and oxygen atoms in total. The summed E-state index contributed by atoms with van der Waals surface area (Å²) < 4.78 is 5.54. The van der Waals surface area contributed by atoms with Gasteiger partial charge in [0.1, 0.15) is 18.0 Å². The zero-order valence-electron chi connectivity index (χ0n) is 11.4. The van der Waals surface area contributed by atoms with E-state index in [4.69, 9.17) is 4.74 Å². The minimum atomic E-state index is -0.122. The van der Waals surface area contributed by atoms with Crippen LogP contribution in [-0.2, 0) is 11.2 Å². The van der Waals surface area contributed by atoms with E-state index < -0.39 is 0 Å². The normalized spacial score (nSPS) is 12.7. The van der Waals surface area contributed by atoms with Crippen molar-refractivity contribution in [3.05, 3.63) is 60.2 Å². The van der Waals surface area contributed by atoms with Gasteiger partial charge in [-0.25, -0.2) is 4.99 Å². The maximum absolute atomic E-state index is 11.8. The van der Waals surface area contributed by atoms with Gasteiger partial charge in [-0.1, -0.05) is 42.5 Å². The van der Waals surface area contributed by atoms with E-state index in [0.29, 0.717) is 18.9 Å². The summed E-state index contributed by atoms with van der Waals surface area (Å²) in [6, 6.07) is 17.1. The summed E-state index contributed by atoms with van der Waals surface area (Å²) >= 11 is 0. The molecule has 21 heavy (non-hydrogen) atoms. The highest BCUT2D eigenvalue weighted by Gasteiger charge is 2.12. The van der Waals surface area contributed by atoms with Crippen molar-refractivity contribution < 1.29 is 9.53 Å². The van der Waals surface area contributed by atoms with Crippen LogP contribution < -0.4 is 15.6 Å². The minimum Gasteiger partial charge on any atom is -0.483 e. The number of amides is 1. The predicted molar refractivity (Wildman–Crippen MR) is 80.5 cm³/mol. The van der Waals surface area contributed by atoms with E-state index in [1.54, 1.807) is 0 Å². The molecule has 1 aliphatic rings. The zero-order valence-corrected chi connectivity index (χ0v) is 11.4. The van der Waals surface area contributed by atoms with Crippen LogP contribution in [0, 0.1) is 0 Å². The quantitative estimate of drug-likeness (QED) is 0.827. The summed E-state index contributed by atoms with van der Waals surface area (Å²) in [7, 11) is 0. The Hall–Kier alpha value is -2.82. The Balaban J connectivity index is 1.56. The van der Waals surface area contributed by atoms with Crippen molar-refractivity contribution in [3.63, 3.8) is 0 Å². The van der Waals surface area contributed by atoms with Crippen molar-refractivity contribution in [3.8, 4) is 5.75 Å². The van der Waals surface area contributed by atoms with Gasteiger partial charge in [0.05, 0.1) is 6.42 Å². The molecule has 3 rings (SSSR count). The van der Waals surface area contributed by atoms with Crippen LogP contribution in [0.3, 0.4) is 0 Å². The van der Waals surface area contributed by atoms with Crippen LogP contribution in [-0.4, -0.2) is 18.3 Å². The molecule has 0 radical (unpaired) electrons. The number of amidine groups is 1. The number of nitrogens with one attached hydrogen (secondary N) is 2. The lowest BCUT2D eigenvalue weighted by molar-refractivity contribution is -0.121. The van der Waals surface area contributed by atoms with E-state index in [2.05, 4.69) is 15.8 Å². The number of para-hydroxylation sites is 2. The molecular weight excluding hydrogens is 266 g/mol. The number of benzene rings is 2. The SMILES string of the molecule is O=C(Cc1ccccc1)NNC1=Nc2ccccc2OC1. The number of hydrogen-bond donors (Lipinski definition) is 2. The summed E-state index contributed by atoms with van der Waals surface area (Å²) in [6.45, 7) is 0.308. The second kappa shape index (κ2) is 6.09. The molecule has 2 aromatic rings. The Morgan fingerprint density at radius 2 is 1.86 bits per heavy atom. The first-order valence-electron chi connectivity index (χ1n) is 6.69. The molecule has 0 fully saturated rings. The molecule has 0 saturated carbocycles. The number of hydrogen-bond acceptors (Lipinski definition) is 4. The molecule has 2 N–H and O–H groups in total. The Kier molecular flexibility index (Phi) is 3.82. The van der Waals surface area contributed by atoms with Crippen LogP contribution in [0.4, 0.5) is 5.69 Å². The van der Waals surface area contributed by atoms with Gasteiger partial charge in [0, 0.05) is 0 Å². The van der Waals surface area contributed by atoms with Gasteiger partial charge in [0.15, 0.2) is 5.84 Å². The third-order valence-corrected chi connectivity index (χ3v) is 3.04. The molecule has 1 amide bonds. The summed E-state index contributed by atoms with van der Waals surface area (Å²) in [5, 5.41) is 0. The fourth-order valence-electron chi connectivity index (χ4n) is 2.03. The molecule has 0 unspecified atom stereocenters. The van der Waals surface area contributed by atoms with E-state index in [0.717, 1.165) is 17.0 Å². The van der Waals surface area contributed by atoms with Gasteiger partial charge in [-0.15, -0.1) is 0 Å². The number of fused-ring (bicyclic) bond motifs is 1. The van der Waals surface area contributed by atoms with Gasteiger partial charge in [0.25, 0.3) is 0 Å². The molecule has 0 bridgehead atoms. The molecule has 2 aromatic carbocycles. The second-order valence-corrected chi connectivity index (χ2v) is 4.65. The third-order valence-electron chi connectivity index (χ3n) is 3.04. The number of nitrogens with zero attached hydrogens (tertiary/aromatic N) is 1. The van der Waals surface area contributed by atoms with E-state index in [1.807, 2.05) is 54.6 Å².